The maximum atomic E-state index is 12.8. The SMILES string of the molecule is N#C[C@H](Cc1ccc(-c2ccc3c(c2)CNC3=O)cc1)NC(=O)C1(N)CCCCCC1. The highest BCUT2D eigenvalue weighted by molar-refractivity contribution is 5.98. The molecule has 0 radical (unpaired) electrons. The summed E-state index contributed by atoms with van der Waals surface area (Å²) < 4.78 is 0. The van der Waals surface area contributed by atoms with Crippen molar-refractivity contribution in [2.45, 2.75) is 63.1 Å². The molecular weight excluding hydrogens is 388 g/mol. The van der Waals surface area contributed by atoms with E-state index >= 15 is 0 Å². The minimum Gasteiger partial charge on any atom is -0.348 e. The molecule has 6 heteroatoms. The van der Waals surface area contributed by atoms with Crippen LogP contribution in [0.15, 0.2) is 42.5 Å². The molecular formula is C25H28N4O2. The first-order valence-electron chi connectivity index (χ1n) is 11.0. The van der Waals surface area contributed by atoms with Gasteiger partial charge in [-0.05, 0) is 47.2 Å². The Morgan fingerprint density at radius 3 is 2.45 bits per heavy atom. The zero-order chi connectivity index (χ0) is 21.8. The van der Waals surface area contributed by atoms with Crippen molar-refractivity contribution in [3.05, 3.63) is 59.2 Å². The van der Waals surface area contributed by atoms with Gasteiger partial charge in [0.1, 0.15) is 6.04 Å². The Morgan fingerprint density at radius 2 is 1.77 bits per heavy atom. The second-order valence-corrected chi connectivity index (χ2v) is 8.68. The van der Waals surface area contributed by atoms with E-state index in [1.807, 2.05) is 42.5 Å². The van der Waals surface area contributed by atoms with Crippen molar-refractivity contribution in [1.82, 2.24) is 10.6 Å². The number of nitrogens with two attached hydrogens (primary N) is 1. The summed E-state index contributed by atoms with van der Waals surface area (Å²) >= 11 is 0. The molecule has 4 N–H and O–H groups in total. The van der Waals surface area contributed by atoms with Gasteiger partial charge in [-0.2, -0.15) is 5.26 Å². The quantitative estimate of drug-likeness (QED) is 0.651. The number of fused-ring (bicyclic) bond motifs is 1. The third-order valence-electron chi connectivity index (χ3n) is 6.43. The minimum atomic E-state index is -0.862. The minimum absolute atomic E-state index is 0.0235. The van der Waals surface area contributed by atoms with Crippen molar-refractivity contribution in [3.8, 4) is 17.2 Å². The standard InChI is InChI=1S/C25H28N4O2/c26-15-21(29-24(31)25(27)11-3-1-2-4-12-25)13-17-5-7-18(8-6-17)19-9-10-22-20(14-19)16-28-23(22)30/h5-10,14,21H,1-4,11-13,16,27H2,(H,28,30)(H,29,31)/t21-/m0/s1. The van der Waals surface area contributed by atoms with Crippen LogP contribution in [0.5, 0.6) is 0 Å². The van der Waals surface area contributed by atoms with E-state index in [0.29, 0.717) is 25.8 Å². The fourth-order valence-electron chi connectivity index (χ4n) is 4.50. The second-order valence-electron chi connectivity index (χ2n) is 8.68. The highest BCUT2D eigenvalue weighted by Crippen LogP contribution is 2.27. The first kappa shape index (κ1) is 21.1. The Hall–Kier alpha value is -3.17. The van der Waals surface area contributed by atoms with Crippen LogP contribution in [0, 0.1) is 11.3 Å². The Morgan fingerprint density at radius 1 is 1.10 bits per heavy atom. The summed E-state index contributed by atoms with van der Waals surface area (Å²) in [5.41, 5.74) is 10.3. The summed E-state index contributed by atoms with van der Waals surface area (Å²) in [5, 5.41) is 15.3. The number of carbonyl (C=O) groups is 2. The normalized spacial score (nSPS) is 18.3. The van der Waals surface area contributed by atoms with Gasteiger partial charge in [0.25, 0.3) is 5.91 Å². The lowest BCUT2D eigenvalue weighted by Crippen LogP contribution is -2.56. The van der Waals surface area contributed by atoms with Crippen molar-refractivity contribution in [1.29, 1.82) is 5.26 Å². The predicted octanol–water partition coefficient (Wildman–Crippen LogP) is 3.20. The molecule has 160 valence electrons. The van der Waals surface area contributed by atoms with Crippen molar-refractivity contribution in [2.75, 3.05) is 0 Å². The van der Waals surface area contributed by atoms with E-state index in [9.17, 15) is 14.9 Å². The van der Waals surface area contributed by atoms with Gasteiger partial charge in [-0.15, -0.1) is 0 Å². The average Bonchev–Trinajstić information content (AvgIpc) is 3.00. The van der Waals surface area contributed by atoms with E-state index in [0.717, 1.165) is 53.5 Å². The lowest BCUT2D eigenvalue weighted by Gasteiger charge is -2.28. The van der Waals surface area contributed by atoms with Crippen LogP contribution in [0.3, 0.4) is 0 Å². The van der Waals surface area contributed by atoms with Gasteiger partial charge in [0.05, 0.1) is 11.6 Å². The van der Waals surface area contributed by atoms with Crippen molar-refractivity contribution < 1.29 is 9.59 Å². The van der Waals surface area contributed by atoms with Crippen LogP contribution in [0.1, 0.15) is 60.0 Å². The molecule has 0 aromatic heterocycles. The third-order valence-corrected chi connectivity index (χ3v) is 6.43. The Labute approximate surface area is 182 Å². The molecule has 1 saturated carbocycles. The van der Waals surface area contributed by atoms with Gasteiger partial charge >= 0.3 is 0 Å². The first-order chi connectivity index (χ1) is 15.0. The molecule has 1 aliphatic carbocycles. The Balaban J connectivity index is 1.41. The zero-order valence-electron chi connectivity index (χ0n) is 17.6. The topological polar surface area (TPSA) is 108 Å². The van der Waals surface area contributed by atoms with E-state index in [1.165, 1.54) is 0 Å². The summed E-state index contributed by atoms with van der Waals surface area (Å²) in [6.07, 6.45) is 5.90. The third kappa shape index (κ3) is 4.62. The van der Waals surface area contributed by atoms with E-state index in [2.05, 4.69) is 16.7 Å². The maximum Gasteiger partial charge on any atom is 0.251 e. The Kier molecular flexibility index (Phi) is 6.06. The molecule has 31 heavy (non-hydrogen) atoms. The summed E-state index contributed by atoms with van der Waals surface area (Å²) in [4.78, 5) is 24.5. The smallest absolute Gasteiger partial charge is 0.251 e. The number of benzene rings is 2. The van der Waals surface area contributed by atoms with Crippen LogP contribution in [0.25, 0.3) is 11.1 Å². The van der Waals surface area contributed by atoms with Gasteiger partial charge < -0.3 is 16.4 Å². The number of nitrogens with zero attached hydrogens (tertiary/aromatic N) is 1. The molecule has 4 rings (SSSR count). The molecule has 2 aromatic rings. The van der Waals surface area contributed by atoms with Crippen molar-refractivity contribution in [3.63, 3.8) is 0 Å². The molecule has 1 aliphatic heterocycles. The second kappa shape index (κ2) is 8.91. The summed E-state index contributed by atoms with van der Waals surface area (Å²) in [7, 11) is 0. The largest absolute Gasteiger partial charge is 0.348 e. The van der Waals surface area contributed by atoms with Crippen molar-refractivity contribution in [2.24, 2.45) is 5.73 Å². The van der Waals surface area contributed by atoms with Crippen LogP contribution in [-0.2, 0) is 17.8 Å². The zero-order valence-corrected chi connectivity index (χ0v) is 17.6. The molecule has 0 bridgehead atoms. The molecule has 0 spiro atoms. The number of hydrogen-bond donors (Lipinski definition) is 3. The van der Waals surface area contributed by atoms with Crippen LogP contribution >= 0.6 is 0 Å². The summed E-state index contributed by atoms with van der Waals surface area (Å²) in [6.45, 7) is 0.562. The number of nitriles is 1. The van der Waals surface area contributed by atoms with E-state index < -0.39 is 11.6 Å². The fraction of sp³-hybridized carbons (Fsp3) is 0.400. The van der Waals surface area contributed by atoms with E-state index in [4.69, 9.17) is 5.73 Å². The highest BCUT2D eigenvalue weighted by atomic mass is 16.2. The molecule has 0 unspecified atom stereocenters. The average molecular weight is 417 g/mol. The van der Waals surface area contributed by atoms with Gasteiger partial charge in [-0.25, -0.2) is 0 Å². The molecule has 6 nitrogen and oxygen atoms in total. The van der Waals surface area contributed by atoms with Crippen LogP contribution in [0.4, 0.5) is 0 Å². The number of hydrogen-bond acceptors (Lipinski definition) is 4. The lowest BCUT2D eigenvalue weighted by atomic mass is 9.90. The van der Waals surface area contributed by atoms with Crippen LogP contribution in [0.2, 0.25) is 0 Å². The fourth-order valence-corrected chi connectivity index (χ4v) is 4.50. The number of rotatable bonds is 5. The number of carbonyl (C=O) groups excluding carboxylic acids is 2. The monoisotopic (exact) mass is 416 g/mol. The molecule has 1 atom stereocenters. The van der Waals surface area contributed by atoms with Gasteiger partial charge in [-0.1, -0.05) is 56.0 Å². The highest BCUT2D eigenvalue weighted by Gasteiger charge is 2.35. The van der Waals surface area contributed by atoms with Gasteiger partial charge in [0, 0.05) is 18.5 Å². The maximum absolute atomic E-state index is 12.8. The molecule has 2 amide bonds. The molecule has 2 aliphatic rings. The number of amides is 2. The first-order valence-corrected chi connectivity index (χ1v) is 11.0. The Bertz CT molecular complexity index is 1010. The van der Waals surface area contributed by atoms with Gasteiger partial charge in [0.2, 0.25) is 5.91 Å². The molecule has 1 heterocycles. The molecule has 2 aromatic carbocycles. The van der Waals surface area contributed by atoms with E-state index in [-0.39, 0.29) is 11.8 Å². The van der Waals surface area contributed by atoms with Crippen molar-refractivity contribution >= 4 is 11.8 Å². The summed E-state index contributed by atoms with van der Waals surface area (Å²) in [6, 6.07) is 15.4. The molecule has 1 fully saturated rings. The van der Waals surface area contributed by atoms with Gasteiger partial charge in [-0.3, -0.25) is 9.59 Å². The summed E-state index contributed by atoms with van der Waals surface area (Å²) in [5.74, 6) is -0.233. The number of nitrogens with one attached hydrogen (secondary N) is 2. The lowest BCUT2D eigenvalue weighted by molar-refractivity contribution is -0.127. The molecule has 0 saturated heterocycles. The predicted molar refractivity (Wildman–Crippen MR) is 119 cm³/mol. The van der Waals surface area contributed by atoms with Gasteiger partial charge in [0.15, 0.2) is 0 Å². The van der Waals surface area contributed by atoms with Crippen LogP contribution in [-0.4, -0.2) is 23.4 Å². The van der Waals surface area contributed by atoms with Crippen LogP contribution < -0.4 is 16.4 Å². The van der Waals surface area contributed by atoms with E-state index in [1.54, 1.807) is 0 Å².